The summed E-state index contributed by atoms with van der Waals surface area (Å²) >= 11 is 0. The maximum Gasteiger partial charge on any atom is 0.271 e. The van der Waals surface area contributed by atoms with Gasteiger partial charge in [0.15, 0.2) is 0 Å². The number of hydrogen-bond donors (Lipinski definition) is 0. The summed E-state index contributed by atoms with van der Waals surface area (Å²) in [5.41, 5.74) is 0. The van der Waals surface area contributed by atoms with Crippen LogP contribution in [0.1, 0.15) is 20.8 Å². The summed E-state index contributed by atoms with van der Waals surface area (Å²) in [6, 6.07) is 0. The fourth-order valence-corrected chi connectivity index (χ4v) is 0.458. The summed E-state index contributed by atoms with van der Waals surface area (Å²) in [5, 5.41) is 0. The van der Waals surface area contributed by atoms with Gasteiger partial charge in [-0.25, -0.2) is 0 Å². The molecule has 0 saturated carbocycles. The van der Waals surface area contributed by atoms with E-state index >= 15 is 0 Å². The molecule has 0 saturated heterocycles. The van der Waals surface area contributed by atoms with Gasteiger partial charge in [0.25, 0.3) is 5.95 Å². The molecule has 0 spiro atoms. The van der Waals surface area contributed by atoms with Gasteiger partial charge in [-0.15, -0.1) is 0 Å². The van der Waals surface area contributed by atoms with Crippen LogP contribution in [0.25, 0.3) is 0 Å². The van der Waals surface area contributed by atoms with E-state index in [4.69, 9.17) is 9.47 Å². The monoisotopic (exact) mass is 130 g/mol. The minimum atomic E-state index is 0.157. The molecule has 0 atom stereocenters. The molecule has 54 valence electrons. The summed E-state index contributed by atoms with van der Waals surface area (Å²) in [7, 11) is 0. The highest BCUT2D eigenvalue weighted by atomic mass is 16.7. The lowest BCUT2D eigenvalue weighted by molar-refractivity contribution is 0.0125. The molecule has 0 aromatic heterocycles. The van der Waals surface area contributed by atoms with Crippen LogP contribution in [-0.4, -0.2) is 12.7 Å². The zero-order valence-corrected chi connectivity index (χ0v) is 6.31. The molecule has 0 amide bonds. The number of hydrogen-bond acceptors (Lipinski definition) is 2. The average molecular weight is 130 g/mol. The predicted octanol–water partition coefficient (Wildman–Crippen LogP) is 1.92. The summed E-state index contributed by atoms with van der Waals surface area (Å²) in [5.74, 6) is 0.410. The van der Waals surface area contributed by atoms with E-state index in [9.17, 15) is 0 Å². The molecule has 0 heterocycles. The van der Waals surface area contributed by atoms with Crippen LogP contribution < -0.4 is 0 Å². The van der Waals surface area contributed by atoms with E-state index < -0.39 is 0 Å². The SMILES string of the molecule is C=C(OCC)OC(C)C. The van der Waals surface area contributed by atoms with E-state index in [0.29, 0.717) is 12.6 Å². The van der Waals surface area contributed by atoms with E-state index in [2.05, 4.69) is 6.58 Å². The molecular weight excluding hydrogens is 116 g/mol. The smallest absolute Gasteiger partial charge is 0.271 e. The molecule has 0 aromatic rings. The Morgan fingerprint density at radius 2 is 2.11 bits per heavy atom. The van der Waals surface area contributed by atoms with Crippen molar-refractivity contribution in [2.45, 2.75) is 26.9 Å². The third-order valence-corrected chi connectivity index (χ3v) is 0.672. The molecule has 0 bridgehead atoms. The Morgan fingerprint density at radius 3 is 2.44 bits per heavy atom. The molecule has 0 rings (SSSR count). The maximum atomic E-state index is 5.07. The third kappa shape index (κ3) is 5.21. The Kier molecular flexibility index (Phi) is 3.93. The van der Waals surface area contributed by atoms with Crippen LogP contribution in [0.3, 0.4) is 0 Å². The van der Waals surface area contributed by atoms with Crippen molar-refractivity contribution in [1.82, 2.24) is 0 Å². The van der Waals surface area contributed by atoms with Crippen molar-refractivity contribution in [3.8, 4) is 0 Å². The lowest BCUT2D eigenvalue weighted by Crippen LogP contribution is -2.03. The van der Waals surface area contributed by atoms with Crippen LogP contribution in [0.4, 0.5) is 0 Å². The third-order valence-electron chi connectivity index (χ3n) is 0.672. The molecule has 0 fully saturated rings. The molecule has 0 unspecified atom stereocenters. The first-order valence-electron chi connectivity index (χ1n) is 3.15. The van der Waals surface area contributed by atoms with Crippen molar-refractivity contribution in [2.75, 3.05) is 6.61 Å². The van der Waals surface area contributed by atoms with Gasteiger partial charge in [0.05, 0.1) is 12.7 Å². The molecule has 2 nitrogen and oxygen atoms in total. The van der Waals surface area contributed by atoms with Crippen molar-refractivity contribution in [1.29, 1.82) is 0 Å². The van der Waals surface area contributed by atoms with Gasteiger partial charge in [-0.1, -0.05) is 0 Å². The summed E-state index contributed by atoms with van der Waals surface area (Å²) in [6.07, 6.45) is 0.157. The van der Waals surface area contributed by atoms with Crippen LogP contribution in [0.2, 0.25) is 0 Å². The van der Waals surface area contributed by atoms with Gasteiger partial charge in [0, 0.05) is 0 Å². The van der Waals surface area contributed by atoms with E-state index in [1.807, 2.05) is 20.8 Å². The Bertz CT molecular complexity index is 86.9. The second-order valence-electron chi connectivity index (χ2n) is 1.97. The summed E-state index contributed by atoms with van der Waals surface area (Å²) in [4.78, 5) is 0. The Morgan fingerprint density at radius 1 is 1.56 bits per heavy atom. The Labute approximate surface area is 56.5 Å². The van der Waals surface area contributed by atoms with Crippen LogP contribution in [0, 0.1) is 0 Å². The highest BCUT2D eigenvalue weighted by Gasteiger charge is 1.95. The fraction of sp³-hybridized carbons (Fsp3) is 0.714. The first-order valence-corrected chi connectivity index (χ1v) is 3.15. The van der Waals surface area contributed by atoms with Crippen molar-refractivity contribution in [3.05, 3.63) is 12.5 Å². The van der Waals surface area contributed by atoms with Gasteiger partial charge in [0.1, 0.15) is 0 Å². The molecular formula is C7H14O2. The van der Waals surface area contributed by atoms with Crippen molar-refractivity contribution < 1.29 is 9.47 Å². The molecule has 0 aliphatic rings. The predicted molar refractivity (Wildman–Crippen MR) is 37.0 cm³/mol. The van der Waals surface area contributed by atoms with Crippen LogP contribution in [0.5, 0.6) is 0 Å². The average Bonchev–Trinajstić information content (AvgIpc) is 1.63. The normalized spacial score (nSPS) is 9.33. The molecule has 2 heteroatoms. The van der Waals surface area contributed by atoms with Crippen molar-refractivity contribution in [2.24, 2.45) is 0 Å². The maximum absolute atomic E-state index is 5.07. The molecule has 0 aliphatic heterocycles. The first kappa shape index (κ1) is 8.34. The zero-order valence-electron chi connectivity index (χ0n) is 6.31. The molecule has 0 N–H and O–H groups in total. The van der Waals surface area contributed by atoms with E-state index in [-0.39, 0.29) is 6.10 Å². The largest absolute Gasteiger partial charge is 0.466 e. The second kappa shape index (κ2) is 4.24. The zero-order chi connectivity index (χ0) is 7.28. The summed E-state index contributed by atoms with van der Waals surface area (Å²) < 4.78 is 10.0. The van der Waals surface area contributed by atoms with Crippen LogP contribution >= 0.6 is 0 Å². The van der Waals surface area contributed by atoms with Gasteiger partial charge in [-0.3, -0.25) is 0 Å². The topological polar surface area (TPSA) is 18.5 Å². The van der Waals surface area contributed by atoms with Gasteiger partial charge in [-0.2, -0.15) is 0 Å². The molecule has 0 radical (unpaired) electrons. The first-order chi connectivity index (χ1) is 4.16. The van der Waals surface area contributed by atoms with Gasteiger partial charge in [-0.05, 0) is 27.4 Å². The quantitative estimate of drug-likeness (QED) is 0.541. The van der Waals surface area contributed by atoms with Gasteiger partial charge >= 0.3 is 0 Å². The van der Waals surface area contributed by atoms with Crippen molar-refractivity contribution >= 4 is 0 Å². The Balaban J connectivity index is 3.27. The molecule has 9 heavy (non-hydrogen) atoms. The van der Waals surface area contributed by atoms with E-state index in [1.54, 1.807) is 0 Å². The molecule has 0 aromatic carbocycles. The standard InChI is InChI=1S/C7H14O2/c1-5-8-7(4)9-6(2)3/h6H,4-5H2,1-3H3. The highest BCUT2D eigenvalue weighted by molar-refractivity contribution is 4.68. The fourth-order valence-electron chi connectivity index (χ4n) is 0.458. The number of ether oxygens (including phenoxy) is 2. The number of rotatable bonds is 4. The minimum Gasteiger partial charge on any atom is -0.466 e. The van der Waals surface area contributed by atoms with E-state index in [1.165, 1.54) is 0 Å². The van der Waals surface area contributed by atoms with Gasteiger partial charge in [0.2, 0.25) is 0 Å². The summed E-state index contributed by atoms with van der Waals surface area (Å²) in [6.45, 7) is 9.92. The highest BCUT2D eigenvalue weighted by Crippen LogP contribution is 1.99. The van der Waals surface area contributed by atoms with Crippen LogP contribution in [-0.2, 0) is 9.47 Å². The minimum absolute atomic E-state index is 0.157. The second-order valence-corrected chi connectivity index (χ2v) is 1.97. The Hall–Kier alpha value is -0.660. The molecule has 0 aliphatic carbocycles. The lowest BCUT2D eigenvalue weighted by atomic mass is 10.5. The van der Waals surface area contributed by atoms with E-state index in [0.717, 1.165) is 0 Å². The lowest BCUT2D eigenvalue weighted by Gasteiger charge is -2.11. The van der Waals surface area contributed by atoms with Gasteiger partial charge < -0.3 is 9.47 Å². The van der Waals surface area contributed by atoms with Crippen LogP contribution in [0.15, 0.2) is 12.5 Å². The van der Waals surface area contributed by atoms with Crippen molar-refractivity contribution in [3.63, 3.8) is 0 Å².